The lowest BCUT2D eigenvalue weighted by atomic mass is 9.90. The number of nitrogens with zero attached hydrogens (tertiary/aromatic N) is 2. The SMILES string of the molecule is CC1(C(=O)O)CCN(C(=O)c2ccnc(OC3CCC3)c2)C1. The zero-order chi connectivity index (χ0) is 15.7. The van der Waals surface area contributed by atoms with Crippen molar-refractivity contribution in [2.24, 2.45) is 5.41 Å². The number of hydrogen-bond donors (Lipinski definition) is 1. The summed E-state index contributed by atoms with van der Waals surface area (Å²) >= 11 is 0. The lowest BCUT2D eigenvalue weighted by Gasteiger charge is -2.26. The fraction of sp³-hybridized carbons (Fsp3) is 0.562. The van der Waals surface area contributed by atoms with E-state index in [1.807, 2.05) is 0 Å². The van der Waals surface area contributed by atoms with Crippen LogP contribution in [0.4, 0.5) is 0 Å². The standard InChI is InChI=1S/C16H20N2O4/c1-16(15(20)21)6-8-18(10-16)14(19)11-5-7-17-13(9-11)22-12-3-2-4-12/h5,7,9,12H,2-4,6,8,10H2,1H3,(H,20,21). The Morgan fingerprint density at radius 1 is 1.45 bits per heavy atom. The molecule has 1 N–H and O–H groups in total. The van der Waals surface area contributed by atoms with E-state index in [9.17, 15) is 14.7 Å². The van der Waals surface area contributed by atoms with E-state index in [1.54, 1.807) is 30.2 Å². The van der Waals surface area contributed by atoms with Crippen molar-refractivity contribution in [3.63, 3.8) is 0 Å². The summed E-state index contributed by atoms with van der Waals surface area (Å²) in [6.07, 6.45) is 5.48. The van der Waals surface area contributed by atoms with E-state index in [-0.39, 0.29) is 18.6 Å². The molecule has 0 radical (unpaired) electrons. The number of carboxylic acid groups (broad SMARTS) is 1. The number of aromatic nitrogens is 1. The molecular formula is C16H20N2O4. The summed E-state index contributed by atoms with van der Waals surface area (Å²) < 4.78 is 5.71. The van der Waals surface area contributed by atoms with Crippen molar-refractivity contribution in [1.82, 2.24) is 9.88 Å². The Morgan fingerprint density at radius 3 is 2.82 bits per heavy atom. The summed E-state index contributed by atoms with van der Waals surface area (Å²) in [5.41, 5.74) is -0.354. The summed E-state index contributed by atoms with van der Waals surface area (Å²) in [4.78, 5) is 29.5. The maximum absolute atomic E-state index is 12.5. The number of aliphatic carboxylic acids is 1. The smallest absolute Gasteiger partial charge is 0.311 e. The average Bonchev–Trinajstić information content (AvgIpc) is 2.86. The Labute approximate surface area is 129 Å². The van der Waals surface area contributed by atoms with Crippen molar-refractivity contribution in [3.05, 3.63) is 23.9 Å². The summed E-state index contributed by atoms with van der Waals surface area (Å²) in [6.45, 7) is 2.38. The Bertz CT molecular complexity index is 600. The molecule has 6 nitrogen and oxygen atoms in total. The lowest BCUT2D eigenvalue weighted by molar-refractivity contribution is -0.147. The fourth-order valence-electron chi connectivity index (χ4n) is 2.76. The number of amides is 1. The first kappa shape index (κ1) is 14.8. The molecule has 1 saturated carbocycles. The topological polar surface area (TPSA) is 79.7 Å². The van der Waals surface area contributed by atoms with Crippen molar-refractivity contribution in [1.29, 1.82) is 0 Å². The Hall–Kier alpha value is -2.11. The molecule has 0 spiro atoms. The van der Waals surface area contributed by atoms with E-state index in [4.69, 9.17) is 4.74 Å². The van der Waals surface area contributed by atoms with E-state index in [1.165, 1.54) is 6.42 Å². The van der Waals surface area contributed by atoms with Gasteiger partial charge in [-0.25, -0.2) is 4.98 Å². The third kappa shape index (κ3) is 2.77. The molecule has 0 aromatic carbocycles. The van der Waals surface area contributed by atoms with Crippen LogP contribution in [0.5, 0.6) is 5.88 Å². The Morgan fingerprint density at radius 2 is 2.23 bits per heavy atom. The summed E-state index contributed by atoms with van der Waals surface area (Å²) in [7, 11) is 0. The summed E-state index contributed by atoms with van der Waals surface area (Å²) in [6, 6.07) is 3.30. The number of carbonyl (C=O) groups excluding carboxylic acids is 1. The van der Waals surface area contributed by atoms with E-state index in [2.05, 4.69) is 4.98 Å². The Kier molecular flexibility index (Phi) is 3.76. The molecule has 1 saturated heterocycles. The second kappa shape index (κ2) is 5.59. The molecule has 2 aliphatic rings. The second-order valence-corrected chi connectivity index (χ2v) is 6.40. The highest BCUT2D eigenvalue weighted by molar-refractivity contribution is 5.95. The second-order valence-electron chi connectivity index (χ2n) is 6.40. The average molecular weight is 304 g/mol. The van der Waals surface area contributed by atoms with Crippen LogP contribution < -0.4 is 4.74 Å². The van der Waals surface area contributed by atoms with E-state index >= 15 is 0 Å². The predicted octanol–water partition coefficient (Wildman–Crippen LogP) is 1.95. The highest BCUT2D eigenvalue weighted by atomic mass is 16.5. The van der Waals surface area contributed by atoms with E-state index in [0.717, 1.165) is 12.8 Å². The maximum atomic E-state index is 12.5. The largest absolute Gasteiger partial charge is 0.481 e. The molecule has 118 valence electrons. The maximum Gasteiger partial charge on any atom is 0.311 e. The van der Waals surface area contributed by atoms with Crippen molar-refractivity contribution in [2.75, 3.05) is 13.1 Å². The number of pyridine rings is 1. The van der Waals surface area contributed by atoms with E-state index < -0.39 is 11.4 Å². The third-order valence-corrected chi connectivity index (χ3v) is 4.60. The lowest BCUT2D eigenvalue weighted by Crippen LogP contribution is -2.35. The highest BCUT2D eigenvalue weighted by Crippen LogP contribution is 2.31. The zero-order valence-electron chi connectivity index (χ0n) is 12.6. The predicted molar refractivity (Wildman–Crippen MR) is 78.8 cm³/mol. The van der Waals surface area contributed by atoms with Crippen LogP contribution >= 0.6 is 0 Å². The third-order valence-electron chi connectivity index (χ3n) is 4.60. The van der Waals surface area contributed by atoms with Gasteiger partial charge in [-0.1, -0.05) is 0 Å². The van der Waals surface area contributed by atoms with Crippen LogP contribution in [-0.4, -0.2) is 46.1 Å². The summed E-state index contributed by atoms with van der Waals surface area (Å²) in [5, 5.41) is 9.25. The molecule has 2 fully saturated rings. The van der Waals surface area contributed by atoms with Crippen LogP contribution in [0.25, 0.3) is 0 Å². The molecule has 6 heteroatoms. The van der Waals surface area contributed by atoms with Crippen LogP contribution in [-0.2, 0) is 4.79 Å². The van der Waals surface area contributed by atoms with Gasteiger partial charge in [-0.05, 0) is 38.7 Å². The van der Waals surface area contributed by atoms with Crippen LogP contribution in [0.1, 0.15) is 43.0 Å². The molecule has 2 heterocycles. The van der Waals surface area contributed by atoms with Crippen LogP contribution in [0, 0.1) is 5.41 Å². The van der Waals surface area contributed by atoms with Crippen molar-refractivity contribution < 1.29 is 19.4 Å². The molecule has 1 aromatic heterocycles. The zero-order valence-corrected chi connectivity index (χ0v) is 12.6. The molecule has 22 heavy (non-hydrogen) atoms. The number of carboxylic acids is 1. The van der Waals surface area contributed by atoms with E-state index in [0.29, 0.717) is 24.4 Å². The molecule has 0 bridgehead atoms. The first-order valence-electron chi connectivity index (χ1n) is 7.63. The van der Waals surface area contributed by atoms with Gasteiger partial charge in [-0.2, -0.15) is 0 Å². The number of hydrogen-bond acceptors (Lipinski definition) is 4. The van der Waals surface area contributed by atoms with Gasteiger partial charge in [0.05, 0.1) is 5.41 Å². The Balaban J connectivity index is 1.70. The van der Waals surface area contributed by atoms with Gasteiger partial charge in [-0.3, -0.25) is 9.59 Å². The van der Waals surface area contributed by atoms with Gasteiger partial charge < -0.3 is 14.7 Å². The quantitative estimate of drug-likeness (QED) is 0.919. The first-order chi connectivity index (χ1) is 10.5. The van der Waals surface area contributed by atoms with Crippen molar-refractivity contribution in [2.45, 2.75) is 38.7 Å². The molecule has 1 aliphatic heterocycles. The minimum atomic E-state index is -0.855. The molecular weight excluding hydrogens is 284 g/mol. The van der Waals surface area contributed by atoms with Gasteiger partial charge in [0, 0.05) is 30.9 Å². The van der Waals surface area contributed by atoms with Gasteiger partial charge in [0.25, 0.3) is 5.91 Å². The number of rotatable bonds is 4. The minimum absolute atomic E-state index is 0.161. The molecule has 1 unspecified atom stereocenters. The molecule has 1 atom stereocenters. The monoisotopic (exact) mass is 304 g/mol. The first-order valence-corrected chi connectivity index (χ1v) is 7.63. The normalized spacial score (nSPS) is 24.9. The highest BCUT2D eigenvalue weighted by Gasteiger charge is 2.42. The van der Waals surface area contributed by atoms with Crippen molar-refractivity contribution in [3.8, 4) is 5.88 Å². The molecule has 1 aliphatic carbocycles. The molecule has 1 amide bonds. The van der Waals surface area contributed by atoms with Crippen molar-refractivity contribution >= 4 is 11.9 Å². The fourth-order valence-corrected chi connectivity index (χ4v) is 2.76. The number of carbonyl (C=O) groups is 2. The van der Waals surface area contributed by atoms with Gasteiger partial charge in [0.1, 0.15) is 6.10 Å². The van der Waals surface area contributed by atoms with Gasteiger partial charge >= 0.3 is 5.97 Å². The van der Waals surface area contributed by atoms with Gasteiger partial charge in [0.15, 0.2) is 0 Å². The van der Waals surface area contributed by atoms with Crippen LogP contribution in [0.2, 0.25) is 0 Å². The number of ether oxygens (including phenoxy) is 1. The van der Waals surface area contributed by atoms with Crippen LogP contribution in [0.15, 0.2) is 18.3 Å². The molecule has 1 aromatic rings. The summed E-state index contributed by atoms with van der Waals surface area (Å²) in [5.74, 6) is -0.548. The minimum Gasteiger partial charge on any atom is -0.481 e. The van der Waals surface area contributed by atoms with Gasteiger partial charge in [0.2, 0.25) is 5.88 Å². The van der Waals surface area contributed by atoms with Gasteiger partial charge in [-0.15, -0.1) is 0 Å². The van der Waals surface area contributed by atoms with Crippen LogP contribution in [0.3, 0.4) is 0 Å². The number of likely N-dealkylation sites (tertiary alicyclic amines) is 1. The molecule has 3 rings (SSSR count).